The van der Waals surface area contributed by atoms with Crippen LogP contribution >= 0.6 is 0 Å². The lowest BCUT2D eigenvalue weighted by atomic mass is 9.75. The van der Waals surface area contributed by atoms with Crippen LogP contribution in [0.4, 0.5) is 22.0 Å². The van der Waals surface area contributed by atoms with Gasteiger partial charge in [0, 0.05) is 36.9 Å². The molecule has 8 nitrogen and oxygen atoms in total. The number of hydrogen-bond acceptors (Lipinski definition) is 5. The molecule has 3 aromatic heterocycles. The fourth-order valence-electron chi connectivity index (χ4n) is 5.77. The van der Waals surface area contributed by atoms with Crippen molar-refractivity contribution >= 4 is 17.5 Å². The van der Waals surface area contributed by atoms with E-state index in [-0.39, 0.29) is 37.5 Å². The Balaban J connectivity index is 1.48. The van der Waals surface area contributed by atoms with Crippen LogP contribution in [0.1, 0.15) is 96.2 Å². The van der Waals surface area contributed by atoms with Gasteiger partial charge in [-0.25, -0.2) is 18.3 Å². The third-order valence-electron chi connectivity index (χ3n) is 8.12. The van der Waals surface area contributed by atoms with Crippen molar-refractivity contribution in [1.29, 1.82) is 0 Å². The number of carbonyl (C=O) groups is 2. The third-order valence-corrected chi connectivity index (χ3v) is 8.12. The molecule has 0 unspecified atom stereocenters. The number of alkyl halides is 5. The molecule has 0 bridgehead atoms. The largest absolute Gasteiger partial charge is 0.389 e. The maximum atomic E-state index is 14.1. The van der Waals surface area contributed by atoms with E-state index in [0.717, 1.165) is 12.8 Å². The first kappa shape index (κ1) is 28.9. The van der Waals surface area contributed by atoms with Gasteiger partial charge in [0.2, 0.25) is 17.7 Å². The normalized spacial score (nSPS) is 19.2. The van der Waals surface area contributed by atoms with Crippen molar-refractivity contribution in [3.05, 3.63) is 58.8 Å². The Hall–Kier alpha value is -3.64. The number of fused-ring (bicyclic) bond motifs is 1. The standard InChI is InChI=1S/C28H31F5N6O2/c1-15-19(26(34)41)7-11-35-24(15)23(16-4-8-27(29,30)9-5-16)20-14-39-21(37-20)12-18(13-36-39)25(17-2-3-17)38-22(40)6-10-28(31,32)33/h7,11-14,16-17,23,25H,2-6,8-10H2,1H3,(H2,34,41)(H,38,40)/t23-,25+/m0/s1. The van der Waals surface area contributed by atoms with Gasteiger partial charge >= 0.3 is 6.18 Å². The summed E-state index contributed by atoms with van der Waals surface area (Å²) in [4.78, 5) is 33.7. The van der Waals surface area contributed by atoms with Gasteiger partial charge in [-0.1, -0.05) is 0 Å². The number of amides is 2. The fraction of sp³-hybridized carbons (Fsp3) is 0.536. The molecule has 0 spiro atoms. The summed E-state index contributed by atoms with van der Waals surface area (Å²) in [6.45, 7) is 1.72. The van der Waals surface area contributed by atoms with E-state index in [1.165, 1.54) is 16.8 Å². The molecule has 0 aromatic carbocycles. The van der Waals surface area contributed by atoms with E-state index in [9.17, 15) is 31.5 Å². The van der Waals surface area contributed by atoms with E-state index >= 15 is 0 Å². The molecule has 13 heteroatoms. The van der Waals surface area contributed by atoms with Gasteiger partial charge in [0.05, 0.1) is 36.2 Å². The van der Waals surface area contributed by atoms with E-state index in [4.69, 9.17) is 10.7 Å². The first-order valence-electron chi connectivity index (χ1n) is 13.7. The Labute approximate surface area is 232 Å². The molecule has 5 rings (SSSR count). The summed E-state index contributed by atoms with van der Waals surface area (Å²) in [6.07, 6.45) is 0.0290. The van der Waals surface area contributed by atoms with Crippen molar-refractivity contribution in [2.75, 3.05) is 0 Å². The smallest absolute Gasteiger partial charge is 0.366 e. The molecule has 2 saturated carbocycles. The number of imidazole rings is 1. The molecule has 3 heterocycles. The minimum absolute atomic E-state index is 0.0866. The van der Waals surface area contributed by atoms with E-state index < -0.39 is 48.7 Å². The average Bonchev–Trinajstić information content (AvgIpc) is 3.65. The van der Waals surface area contributed by atoms with E-state index in [1.807, 2.05) is 0 Å². The van der Waals surface area contributed by atoms with Crippen molar-refractivity contribution in [2.24, 2.45) is 17.6 Å². The summed E-state index contributed by atoms with van der Waals surface area (Å²) >= 11 is 0. The molecular weight excluding hydrogens is 547 g/mol. The van der Waals surface area contributed by atoms with Crippen LogP contribution < -0.4 is 11.1 Å². The van der Waals surface area contributed by atoms with Gasteiger partial charge in [-0.05, 0) is 67.7 Å². The molecule has 41 heavy (non-hydrogen) atoms. The van der Waals surface area contributed by atoms with Gasteiger partial charge in [-0.15, -0.1) is 0 Å². The number of primary amides is 1. The van der Waals surface area contributed by atoms with Gasteiger partial charge in [-0.3, -0.25) is 14.6 Å². The van der Waals surface area contributed by atoms with E-state index in [2.05, 4.69) is 15.4 Å². The van der Waals surface area contributed by atoms with E-state index in [1.54, 1.807) is 25.4 Å². The summed E-state index contributed by atoms with van der Waals surface area (Å²) in [7, 11) is 0. The van der Waals surface area contributed by atoms with Crippen molar-refractivity contribution in [2.45, 2.75) is 82.3 Å². The van der Waals surface area contributed by atoms with Crippen LogP contribution in [0.15, 0.2) is 30.7 Å². The zero-order chi connectivity index (χ0) is 29.5. The summed E-state index contributed by atoms with van der Waals surface area (Å²) in [5.41, 5.74) is 8.55. The second-order valence-corrected chi connectivity index (χ2v) is 11.2. The first-order valence-corrected chi connectivity index (χ1v) is 13.7. The highest BCUT2D eigenvalue weighted by atomic mass is 19.4. The number of pyridine rings is 1. The Bertz CT molecular complexity index is 1440. The lowest BCUT2D eigenvalue weighted by molar-refractivity contribution is -0.144. The Morgan fingerprint density at radius 1 is 1.17 bits per heavy atom. The second kappa shape index (κ2) is 11.0. The molecule has 0 aliphatic heterocycles. The quantitative estimate of drug-likeness (QED) is 0.330. The SMILES string of the molecule is Cc1c(C(N)=O)ccnc1[C@H](c1cn2ncc([C@H](NC(=O)CCC(F)(F)F)C3CC3)cc2n1)C1CCC(F)(F)CC1. The molecule has 3 aromatic rings. The van der Waals surface area contributed by atoms with Gasteiger partial charge in [0.25, 0.3) is 0 Å². The fourth-order valence-corrected chi connectivity index (χ4v) is 5.77. The lowest BCUT2D eigenvalue weighted by Crippen LogP contribution is -2.30. The number of nitrogens with one attached hydrogen (secondary N) is 1. The lowest BCUT2D eigenvalue weighted by Gasteiger charge is -2.33. The molecule has 0 radical (unpaired) electrons. The Kier molecular flexibility index (Phi) is 7.73. The number of carbonyl (C=O) groups excluding carboxylic acids is 2. The first-order chi connectivity index (χ1) is 19.3. The summed E-state index contributed by atoms with van der Waals surface area (Å²) in [6, 6.07) is 2.75. The van der Waals surface area contributed by atoms with Crippen LogP contribution in [0, 0.1) is 18.8 Å². The highest BCUT2D eigenvalue weighted by Crippen LogP contribution is 2.45. The van der Waals surface area contributed by atoms with Gasteiger partial charge < -0.3 is 11.1 Å². The van der Waals surface area contributed by atoms with Crippen LogP contribution in [-0.2, 0) is 4.79 Å². The van der Waals surface area contributed by atoms with Crippen LogP contribution in [0.3, 0.4) is 0 Å². The number of hydrogen-bond donors (Lipinski definition) is 2. The second-order valence-electron chi connectivity index (χ2n) is 11.2. The van der Waals surface area contributed by atoms with Crippen molar-refractivity contribution in [3.63, 3.8) is 0 Å². The van der Waals surface area contributed by atoms with E-state index in [0.29, 0.717) is 33.7 Å². The van der Waals surface area contributed by atoms with Crippen LogP contribution in [0.25, 0.3) is 5.65 Å². The van der Waals surface area contributed by atoms with Gasteiger partial charge in [-0.2, -0.15) is 18.3 Å². The summed E-state index contributed by atoms with van der Waals surface area (Å²) < 4.78 is 67.5. The molecule has 3 N–H and O–H groups in total. The predicted molar refractivity (Wildman–Crippen MR) is 138 cm³/mol. The average molecular weight is 579 g/mol. The topological polar surface area (TPSA) is 115 Å². The maximum Gasteiger partial charge on any atom is 0.389 e. The Morgan fingerprint density at radius 3 is 2.51 bits per heavy atom. The number of halogens is 5. The summed E-state index contributed by atoms with van der Waals surface area (Å²) in [5, 5.41) is 7.18. The number of nitrogens with zero attached hydrogens (tertiary/aromatic N) is 4. The van der Waals surface area contributed by atoms with Crippen molar-refractivity contribution in [1.82, 2.24) is 24.9 Å². The molecule has 2 atom stereocenters. The van der Waals surface area contributed by atoms with Crippen LogP contribution in [-0.4, -0.2) is 43.5 Å². The van der Waals surface area contributed by atoms with Crippen molar-refractivity contribution in [3.8, 4) is 0 Å². The monoisotopic (exact) mass is 578 g/mol. The predicted octanol–water partition coefficient (Wildman–Crippen LogP) is 5.40. The minimum Gasteiger partial charge on any atom is -0.366 e. The number of rotatable bonds is 9. The summed E-state index contributed by atoms with van der Waals surface area (Å²) in [5.74, 6) is -4.69. The highest BCUT2D eigenvalue weighted by molar-refractivity contribution is 5.94. The third kappa shape index (κ3) is 6.65. The minimum atomic E-state index is -4.42. The zero-order valence-electron chi connectivity index (χ0n) is 22.4. The van der Waals surface area contributed by atoms with Crippen LogP contribution in [0.2, 0.25) is 0 Å². The molecule has 2 aliphatic rings. The molecule has 220 valence electrons. The molecule has 2 amide bonds. The Morgan fingerprint density at radius 2 is 1.88 bits per heavy atom. The number of aromatic nitrogens is 4. The van der Waals surface area contributed by atoms with Gasteiger partial charge in [0.15, 0.2) is 5.65 Å². The van der Waals surface area contributed by atoms with Crippen LogP contribution in [0.5, 0.6) is 0 Å². The zero-order valence-corrected chi connectivity index (χ0v) is 22.4. The molecule has 0 saturated heterocycles. The van der Waals surface area contributed by atoms with Crippen molar-refractivity contribution < 1.29 is 31.5 Å². The number of nitrogens with two attached hydrogens (primary N) is 1. The highest BCUT2D eigenvalue weighted by Gasteiger charge is 2.41. The van der Waals surface area contributed by atoms with Gasteiger partial charge in [0.1, 0.15) is 0 Å². The molecule has 2 aliphatic carbocycles. The maximum absolute atomic E-state index is 14.1. The molecular formula is C28H31F5N6O2. The molecule has 2 fully saturated rings.